The molecule has 0 spiro atoms. The van der Waals surface area contributed by atoms with E-state index in [1.807, 2.05) is 4.57 Å². The summed E-state index contributed by atoms with van der Waals surface area (Å²) in [6, 6.07) is 1.70. The van der Waals surface area contributed by atoms with E-state index in [0.717, 1.165) is 13.0 Å². The molecule has 0 aliphatic rings. The van der Waals surface area contributed by atoms with Crippen LogP contribution in [-0.4, -0.2) is 34.4 Å². The van der Waals surface area contributed by atoms with Crippen LogP contribution in [0.25, 0.3) is 0 Å². The van der Waals surface area contributed by atoms with E-state index in [9.17, 15) is 4.79 Å². The fourth-order valence-corrected chi connectivity index (χ4v) is 2.73. The Hall–Kier alpha value is -1.44. The lowest BCUT2D eigenvalue weighted by Gasteiger charge is -2.07. The van der Waals surface area contributed by atoms with Crippen molar-refractivity contribution in [2.24, 2.45) is 0 Å². The SMILES string of the molecule is COCCCn1cnnc1CNC(=O)c1sccc1Cl. The van der Waals surface area contributed by atoms with E-state index in [4.69, 9.17) is 16.3 Å². The zero-order chi connectivity index (χ0) is 14.4. The third-order valence-corrected chi connectivity index (χ3v) is 4.01. The first-order valence-corrected chi connectivity index (χ1v) is 7.35. The number of methoxy groups -OCH3 is 1. The highest BCUT2D eigenvalue weighted by molar-refractivity contribution is 7.12. The summed E-state index contributed by atoms with van der Waals surface area (Å²) in [5.74, 6) is 0.513. The molecule has 2 rings (SSSR count). The zero-order valence-electron chi connectivity index (χ0n) is 11.0. The highest BCUT2D eigenvalue weighted by atomic mass is 35.5. The molecule has 108 valence electrons. The van der Waals surface area contributed by atoms with E-state index in [2.05, 4.69) is 15.5 Å². The van der Waals surface area contributed by atoms with Crippen LogP contribution >= 0.6 is 22.9 Å². The minimum Gasteiger partial charge on any atom is -0.385 e. The molecular weight excluding hydrogens is 300 g/mol. The molecule has 0 saturated heterocycles. The van der Waals surface area contributed by atoms with Gasteiger partial charge in [-0.15, -0.1) is 21.5 Å². The first-order valence-electron chi connectivity index (χ1n) is 6.09. The predicted molar refractivity (Wildman–Crippen MR) is 77.0 cm³/mol. The van der Waals surface area contributed by atoms with E-state index in [1.54, 1.807) is 24.9 Å². The standard InChI is InChI=1S/C12H15ClN4O2S/c1-19-5-2-4-17-8-15-16-10(17)7-14-12(18)11-9(13)3-6-20-11/h3,6,8H,2,4-5,7H2,1H3,(H,14,18). The van der Waals surface area contributed by atoms with E-state index in [-0.39, 0.29) is 5.91 Å². The molecule has 0 atom stereocenters. The molecule has 1 N–H and O–H groups in total. The molecule has 2 heterocycles. The van der Waals surface area contributed by atoms with Gasteiger partial charge in [-0.25, -0.2) is 0 Å². The Morgan fingerprint density at radius 3 is 3.15 bits per heavy atom. The van der Waals surface area contributed by atoms with E-state index in [1.165, 1.54) is 11.3 Å². The van der Waals surface area contributed by atoms with Crippen LogP contribution < -0.4 is 5.32 Å². The smallest absolute Gasteiger partial charge is 0.263 e. The van der Waals surface area contributed by atoms with Gasteiger partial charge in [0.25, 0.3) is 5.91 Å². The zero-order valence-corrected chi connectivity index (χ0v) is 12.6. The van der Waals surface area contributed by atoms with Crippen molar-refractivity contribution in [1.29, 1.82) is 0 Å². The molecule has 2 aromatic rings. The molecule has 0 fully saturated rings. The quantitative estimate of drug-likeness (QED) is 0.793. The van der Waals surface area contributed by atoms with Crippen molar-refractivity contribution < 1.29 is 9.53 Å². The molecule has 0 aromatic carbocycles. The number of carbonyl (C=O) groups excluding carboxylic acids is 1. The summed E-state index contributed by atoms with van der Waals surface area (Å²) in [6.45, 7) is 1.75. The third-order valence-electron chi connectivity index (χ3n) is 2.67. The van der Waals surface area contributed by atoms with Gasteiger partial charge in [-0.1, -0.05) is 11.6 Å². The fourth-order valence-electron chi connectivity index (χ4n) is 1.68. The molecule has 2 aromatic heterocycles. The van der Waals surface area contributed by atoms with E-state index in [0.29, 0.717) is 28.9 Å². The lowest BCUT2D eigenvalue weighted by atomic mass is 10.4. The van der Waals surface area contributed by atoms with Gasteiger partial charge >= 0.3 is 0 Å². The van der Waals surface area contributed by atoms with Crippen LogP contribution in [0.3, 0.4) is 0 Å². The fraction of sp³-hybridized carbons (Fsp3) is 0.417. The number of ether oxygens (including phenoxy) is 1. The maximum atomic E-state index is 11.9. The molecule has 0 aliphatic carbocycles. The summed E-state index contributed by atoms with van der Waals surface area (Å²) >= 11 is 7.23. The molecule has 0 unspecified atom stereocenters. The first-order chi connectivity index (χ1) is 9.72. The number of hydrogen-bond acceptors (Lipinski definition) is 5. The van der Waals surface area contributed by atoms with Crippen molar-refractivity contribution >= 4 is 28.8 Å². The van der Waals surface area contributed by atoms with Gasteiger partial charge in [0.1, 0.15) is 11.2 Å². The number of hydrogen-bond donors (Lipinski definition) is 1. The monoisotopic (exact) mass is 314 g/mol. The van der Waals surface area contributed by atoms with Crippen molar-refractivity contribution in [1.82, 2.24) is 20.1 Å². The molecule has 6 nitrogen and oxygen atoms in total. The Balaban J connectivity index is 1.89. The van der Waals surface area contributed by atoms with Crippen LogP contribution in [0.5, 0.6) is 0 Å². The van der Waals surface area contributed by atoms with Gasteiger partial charge in [-0.3, -0.25) is 4.79 Å². The number of halogens is 1. The summed E-state index contributed by atoms with van der Waals surface area (Å²) in [5, 5.41) is 12.9. The molecule has 1 amide bonds. The van der Waals surface area contributed by atoms with Gasteiger partial charge in [0.2, 0.25) is 0 Å². The minimum absolute atomic E-state index is 0.198. The normalized spacial score (nSPS) is 10.7. The average molecular weight is 315 g/mol. The van der Waals surface area contributed by atoms with Crippen LogP contribution in [0.1, 0.15) is 21.9 Å². The number of nitrogens with one attached hydrogen (secondary N) is 1. The van der Waals surface area contributed by atoms with Crippen molar-refractivity contribution in [3.05, 3.63) is 33.5 Å². The highest BCUT2D eigenvalue weighted by Gasteiger charge is 2.12. The van der Waals surface area contributed by atoms with Crippen LogP contribution in [0, 0.1) is 0 Å². The summed E-state index contributed by atoms with van der Waals surface area (Å²) < 4.78 is 6.90. The van der Waals surface area contributed by atoms with Crippen molar-refractivity contribution in [3.63, 3.8) is 0 Å². The predicted octanol–water partition coefficient (Wildman–Crippen LogP) is 1.96. The lowest BCUT2D eigenvalue weighted by molar-refractivity contribution is 0.0953. The second-order valence-electron chi connectivity index (χ2n) is 4.07. The largest absolute Gasteiger partial charge is 0.385 e. The van der Waals surface area contributed by atoms with Crippen molar-refractivity contribution in [2.45, 2.75) is 19.5 Å². The van der Waals surface area contributed by atoms with E-state index < -0.39 is 0 Å². The van der Waals surface area contributed by atoms with Crippen LogP contribution in [0.2, 0.25) is 5.02 Å². The number of rotatable bonds is 7. The summed E-state index contributed by atoms with van der Waals surface area (Å²) in [7, 11) is 1.66. The number of carbonyl (C=O) groups is 1. The van der Waals surface area contributed by atoms with Gasteiger partial charge in [-0.05, 0) is 17.9 Å². The molecule has 0 bridgehead atoms. The summed E-state index contributed by atoms with van der Waals surface area (Å²) in [5.41, 5.74) is 0. The first kappa shape index (κ1) is 15.0. The molecule has 0 saturated carbocycles. The molecular formula is C12H15ClN4O2S. The Labute approximate surface area is 125 Å². The summed E-state index contributed by atoms with van der Waals surface area (Å²) in [6.07, 6.45) is 2.52. The second kappa shape index (κ2) is 7.37. The molecule has 0 radical (unpaired) electrons. The van der Waals surface area contributed by atoms with Gasteiger partial charge in [0.05, 0.1) is 11.6 Å². The van der Waals surface area contributed by atoms with Crippen molar-refractivity contribution in [2.75, 3.05) is 13.7 Å². The Morgan fingerprint density at radius 2 is 2.45 bits per heavy atom. The maximum Gasteiger partial charge on any atom is 0.263 e. The van der Waals surface area contributed by atoms with Gasteiger partial charge < -0.3 is 14.6 Å². The maximum absolute atomic E-state index is 11.9. The number of amides is 1. The summed E-state index contributed by atoms with van der Waals surface area (Å²) in [4.78, 5) is 12.4. The van der Waals surface area contributed by atoms with Gasteiger partial charge in [0, 0.05) is 20.3 Å². The number of aryl methyl sites for hydroxylation is 1. The van der Waals surface area contributed by atoms with Crippen LogP contribution in [0.4, 0.5) is 0 Å². The van der Waals surface area contributed by atoms with Gasteiger partial charge in [-0.2, -0.15) is 0 Å². The molecule has 8 heteroatoms. The topological polar surface area (TPSA) is 69.0 Å². The third kappa shape index (κ3) is 3.78. The Kier molecular flexibility index (Phi) is 5.51. The average Bonchev–Trinajstić information content (AvgIpc) is 3.05. The Morgan fingerprint density at radius 1 is 1.60 bits per heavy atom. The highest BCUT2D eigenvalue weighted by Crippen LogP contribution is 2.21. The number of nitrogens with zero attached hydrogens (tertiary/aromatic N) is 3. The number of thiophene rings is 1. The van der Waals surface area contributed by atoms with Gasteiger partial charge in [0.15, 0.2) is 5.82 Å². The Bertz CT molecular complexity index is 569. The number of aromatic nitrogens is 3. The second-order valence-corrected chi connectivity index (χ2v) is 5.39. The van der Waals surface area contributed by atoms with Crippen LogP contribution in [-0.2, 0) is 17.8 Å². The minimum atomic E-state index is -0.198. The molecule has 0 aliphatic heterocycles. The van der Waals surface area contributed by atoms with Crippen LogP contribution in [0.15, 0.2) is 17.8 Å². The molecule has 20 heavy (non-hydrogen) atoms. The lowest BCUT2D eigenvalue weighted by Crippen LogP contribution is -2.24. The van der Waals surface area contributed by atoms with E-state index >= 15 is 0 Å². The van der Waals surface area contributed by atoms with Crippen molar-refractivity contribution in [3.8, 4) is 0 Å².